The van der Waals surface area contributed by atoms with Gasteiger partial charge < -0.3 is 10.3 Å². The normalized spacial score (nSPS) is 11.1. The fourth-order valence-corrected chi connectivity index (χ4v) is 3.53. The third-order valence-corrected chi connectivity index (χ3v) is 4.83. The van der Waals surface area contributed by atoms with Gasteiger partial charge in [-0.15, -0.1) is 21.5 Å². The molecule has 0 aliphatic carbocycles. The van der Waals surface area contributed by atoms with Crippen LogP contribution >= 0.6 is 11.3 Å². The monoisotopic (exact) mass is 328 g/mol. The molecule has 0 unspecified atom stereocenters. The molecule has 0 spiro atoms. The Morgan fingerprint density at radius 3 is 2.70 bits per heavy atom. The number of rotatable bonds is 4. The lowest BCUT2D eigenvalue weighted by Gasteiger charge is -2.03. The molecule has 120 valence electrons. The molecule has 0 saturated heterocycles. The Morgan fingerprint density at radius 2 is 2.00 bits per heavy atom. The Kier molecular flexibility index (Phi) is 4.17. The van der Waals surface area contributed by atoms with Gasteiger partial charge in [0.25, 0.3) is 5.91 Å². The highest BCUT2D eigenvalue weighted by atomic mass is 32.1. The first kappa shape index (κ1) is 15.7. The van der Waals surface area contributed by atoms with E-state index in [0.29, 0.717) is 18.7 Å². The quantitative estimate of drug-likeness (QED) is 0.772. The largest absolute Gasteiger partial charge is 0.350 e. The van der Waals surface area contributed by atoms with Crippen LogP contribution in [0, 0.1) is 27.7 Å². The van der Waals surface area contributed by atoms with Crippen molar-refractivity contribution in [1.29, 1.82) is 0 Å². The average molecular weight is 328 g/mol. The van der Waals surface area contributed by atoms with E-state index in [9.17, 15) is 4.79 Å². The van der Waals surface area contributed by atoms with E-state index in [-0.39, 0.29) is 5.91 Å². The summed E-state index contributed by atoms with van der Waals surface area (Å²) in [5.74, 6) is -0.0722. The van der Waals surface area contributed by atoms with E-state index in [0.717, 1.165) is 32.0 Å². The summed E-state index contributed by atoms with van der Waals surface area (Å²) in [7, 11) is 0. The van der Waals surface area contributed by atoms with E-state index in [1.54, 1.807) is 11.3 Å². The molecule has 6 heteroatoms. The van der Waals surface area contributed by atoms with Gasteiger partial charge in [0.15, 0.2) is 0 Å². The summed E-state index contributed by atoms with van der Waals surface area (Å²) in [6.07, 6.45) is 0.703. The van der Waals surface area contributed by atoms with Gasteiger partial charge in [0.05, 0.1) is 0 Å². The number of nitrogens with zero attached hydrogens (tertiary/aromatic N) is 2. The van der Waals surface area contributed by atoms with Gasteiger partial charge in [0.2, 0.25) is 0 Å². The van der Waals surface area contributed by atoms with Crippen molar-refractivity contribution in [3.63, 3.8) is 0 Å². The summed E-state index contributed by atoms with van der Waals surface area (Å²) in [6.45, 7) is 8.60. The second-order valence-electron chi connectivity index (χ2n) is 5.85. The van der Waals surface area contributed by atoms with E-state index in [2.05, 4.69) is 46.5 Å². The lowest BCUT2D eigenvalue weighted by atomic mass is 10.1. The van der Waals surface area contributed by atoms with Crippen molar-refractivity contribution < 1.29 is 4.79 Å². The molecule has 0 saturated carbocycles. The minimum atomic E-state index is -0.0722. The second-order valence-corrected chi connectivity index (χ2v) is 7.12. The second kappa shape index (κ2) is 6.12. The number of carbonyl (C=O) groups excluding carboxylic acids is 1. The van der Waals surface area contributed by atoms with Crippen LogP contribution in [0.5, 0.6) is 0 Å². The molecule has 5 nitrogen and oxygen atoms in total. The van der Waals surface area contributed by atoms with Crippen LogP contribution in [0.25, 0.3) is 10.9 Å². The van der Waals surface area contributed by atoms with E-state index in [1.165, 1.54) is 5.56 Å². The number of hydrogen-bond donors (Lipinski definition) is 2. The number of aryl methyl sites for hydroxylation is 4. The molecule has 2 aromatic heterocycles. The van der Waals surface area contributed by atoms with Crippen molar-refractivity contribution in [2.24, 2.45) is 0 Å². The van der Waals surface area contributed by atoms with Gasteiger partial charge in [0.1, 0.15) is 15.7 Å². The molecule has 0 atom stereocenters. The van der Waals surface area contributed by atoms with Crippen LogP contribution in [0.15, 0.2) is 12.1 Å². The number of nitrogens with one attached hydrogen (secondary N) is 2. The number of aromatic amines is 1. The highest BCUT2D eigenvalue weighted by Gasteiger charge is 2.16. The minimum absolute atomic E-state index is 0.0722. The lowest BCUT2D eigenvalue weighted by molar-refractivity contribution is 0.0949. The molecule has 0 fully saturated rings. The number of fused-ring (bicyclic) bond motifs is 1. The maximum atomic E-state index is 12.5. The van der Waals surface area contributed by atoms with Crippen molar-refractivity contribution >= 4 is 28.1 Å². The van der Waals surface area contributed by atoms with Gasteiger partial charge in [-0.05, 0) is 44.9 Å². The van der Waals surface area contributed by atoms with E-state index in [1.807, 2.05) is 13.8 Å². The first-order valence-corrected chi connectivity index (χ1v) is 8.44. The third kappa shape index (κ3) is 3.12. The standard InChI is InChI=1S/C17H20N4OS/c1-9-7-10(2)15-13(8-9)11(3)16(19-15)17(22)18-6-5-14-21-20-12(4)23-14/h7-8,19H,5-6H2,1-4H3,(H,18,22). The summed E-state index contributed by atoms with van der Waals surface area (Å²) < 4.78 is 0. The van der Waals surface area contributed by atoms with E-state index < -0.39 is 0 Å². The molecular weight excluding hydrogens is 308 g/mol. The smallest absolute Gasteiger partial charge is 0.268 e. The van der Waals surface area contributed by atoms with Crippen LogP contribution in [0.4, 0.5) is 0 Å². The van der Waals surface area contributed by atoms with Crippen molar-refractivity contribution in [3.8, 4) is 0 Å². The first-order chi connectivity index (χ1) is 11.0. The molecule has 0 bridgehead atoms. The molecule has 2 N–H and O–H groups in total. The fourth-order valence-electron chi connectivity index (χ4n) is 2.82. The number of carbonyl (C=O) groups is 1. The minimum Gasteiger partial charge on any atom is -0.350 e. The Hall–Kier alpha value is -2.21. The number of benzene rings is 1. The highest BCUT2D eigenvalue weighted by molar-refractivity contribution is 7.11. The predicted octanol–water partition coefficient (Wildman–Crippen LogP) is 3.23. The number of H-pyrrole nitrogens is 1. The van der Waals surface area contributed by atoms with Crippen LogP contribution in [-0.4, -0.2) is 27.6 Å². The average Bonchev–Trinajstić information content (AvgIpc) is 3.04. The molecule has 0 radical (unpaired) electrons. The van der Waals surface area contributed by atoms with Crippen LogP contribution in [0.1, 0.15) is 37.2 Å². The van der Waals surface area contributed by atoms with Gasteiger partial charge in [-0.25, -0.2) is 0 Å². The molecule has 0 aliphatic heterocycles. The van der Waals surface area contributed by atoms with Crippen molar-refractivity contribution in [3.05, 3.63) is 44.5 Å². The van der Waals surface area contributed by atoms with Crippen LogP contribution in [0.2, 0.25) is 0 Å². The van der Waals surface area contributed by atoms with Gasteiger partial charge >= 0.3 is 0 Å². The van der Waals surface area contributed by atoms with E-state index >= 15 is 0 Å². The topological polar surface area (TPSA) is 70.7 Å². The SMILES string of the molecule is Cc1cc(C)c2[nH]c(C(=O)NCCc3nnc(C)s3)c(C)c2c1. The van der Waals surface area contributed by atoms with Crippen LogP contribution < -0.4 is 5.32 Å². The molecule has 1 aromatic carbocycles. The maximum Gasteiger partial charge on any atom is 0.268 e. The molecule has 0 aliphatic rings. The van der Waals surface area contributed by atoms with Gasteiger partial charge in [-0.1, -0.05) is 11.6 Å². The maximum absolute atomic E-state index is 12.5. The van der Waals surface area contributed by atoms with Crippen molar-refractivity contribution in [2.45, 2.75) is 34.1 Å². The Bertz CT molecular complexity index is 878. The Balaban J connectivity index is 1.75. The summed E-state index contributed by atoms with van der Waals surface area (Å²) in [4.78, 5) is 15.7. The van der Waals surface area contributed by atoms with Crippen molar-refractivity contribution in [1.82, 2.24) is 20.5 Å². The molecule has 2 heterocycles. The number of hydrogen-bond acceptors (Lipinski definition) is 4. The van der Waals surface area contributed by atoms with Gasteiger partial charge in [-0.3, -0.25) is 4.79 Å². The van der Waals surface area contributed by atoms with Crippen molar-refractivity contribution in [2.75, 3.05) is 6.54 Å². The third-order valence-electron chi connectivity index (χ3n) is 3.93. The first-order valence-electron chi connectivity index (χ1n) is 7.62. The zero-order valence-corrected chi connectivity index (χ0v) is 14.6. The van der Waals surface area contributed by atoms with Gasteiger partial charge in [0, 0.05) is 23.9 Å². The highest BCUT2D eigenvalue weighted by Crippen LogP contribution is 2.25. The zero-order valence-electron chi connectivity index (χ0n) is 13.8. The number of aromatic nitrogens is 3. The van der Waals surface area contributed by atoms with Gasteiger partial charge in [-0.2, -0.15) is 0 Å². The lowest BCUT2D eigenvalue weighted by Crippen LogP contribution is -2.26. The van der Waals surface area contributed by atoms with Crippen LogP contribution in [0.3, 0.4) is 0 Å². The molecule has 3 rings (SSSR count). The molecule has 1 amide bonds. The number of amides is 1. The predicted molar refractivity (Wildman–Crippen MR) is 93.2 cm³/mol. The summed E-state index contributed by atoms with van der Waals surface area (Å²) in [5, 5.41) is 14.0. The van der Waals surface area contributed by atoms with E-state index in [4.69, 9.17) is 0 Å². The molecule has 3 aromatic rings. The summed E-state index contributed by atoms with van der Waals surface area (Å²) >= 11 is 1.56. The molecular formula is C17H20N4OS. The molecule has 23 heavy (non-hydrogen) atoms. The summed E-state index contributed by atoms with van der Waals surface area (Å²) in [6, 6.07) is 4.24. The Morgan fingerprint density at radius 1 is 1.22 bits per heavy atom. The fraction of sp³-hybridized carbons (Fsp3) is 0.353. The summed E-state index contributed by atoms with van der Waals surface area (Å²) in [5.41, 5.74) is 5.04. The van der Waals surface area contributed by atoms with Crippen LogP contribution in [-0.2, 0) is 6.42 Å². The Labute approximate surface area is 139 Å². The zero-order chi connectivity index (χ0) is 16.6.